The summed E-state index contributed by atoms with van der Waals surface area (Å²) < 4.78 is 0. The average molecular weight is 223 g/mol. The number of phenols is 1. The quantitative estimate of drug-likeness (QED) is 0.719. The van der Waals surface area contributed by atoms with Gasteiger partial charge in [-0.25, -0.2) is 0 Å². The SMILES string of the molecule is Cc1cccc([C@H](N)[C@H](O)C(C)(C)C)c1O. The highest BCUT2D eigenvalue weighted by Crippen LogP contribution is 2.33. The maximum Gasteiger partial charge on any atom is 0.123 e. The second kappa shape index (κ2) is 4.44. The maximum absolute atomic E-state index is 10.1. The van der Waals surface area contributed by atoms with Gasteiger partial charge in [0, 0.05) is 5.56 Å². The van der Waals surface area contributed by atoms with E-state index >= 15 is 0 Å². The summed E-state index contributed by atoms with van der Waals surface area (Å²) in [6.45, 7) is 7.58. The summed E-state index contributed by atoms with van der Waals surface area (Å²) in [7, 11) is 0. The molecule has 1 aromatic carbocycles. The molecule has 2 atom stereocenters. The Bertz CT molecular complexity index is 369. The minimum absolute atomic E-state index is 0.179. The minimum atomic E-state index is -0.694. The lowest BCUT2D eigenvalue weighted by Gasteiger charge is -2.31. The number of phenolic OH excluding ortho intramolecular Hbond substituents is 1. The maximum atomic E-state index is 10.1. The van der Waals surface area contributed by atoms with E-state index in [1.807, 2.05) is 39.8 Å². The van der Waals surface area contributed by atoms with Gasteiger partial charge in [0.05, 0.1) is 12.1 Å². The normalized spacial score (nSPS) is 15.9. The first-order valence-corrected chi connectivity index (χ1v) is 5.47. The van der Waals surface area contributed by atoms with Crippen molar-refractivity contribution in [3.63, 3.8) is 0 Å². The van der Waals surface area contributed by atoms with E-state index in [-0.39, 0.29) is 11.2 Å². The van der Waals surface area contributed by atoms with Gasteiger partial charge in [-0.05, 0) is 17.9 Å². The van der Waals surface area contributed by atoms with Gasteiger partial charge in [-0.15, -0.1) is 0 Å². The molecule has 90 valence electrons. The number of aryl methyl sites for hydroxylation is 1. The van der Waals surface area contributed by atoms with Gasteiger partial charge in [0.15, 0.2) is 0 Å². The van der Waals surface area contributed by atoms with Crippen molar-refractivity contribution in [1.29, 1.82) is 0 Å². The zero-order valence-electron chi connectivity index (χ0n) is 10.4. The molecule has 1 rings (SSSR count). The Morgan fingerprint density at radius 3 is 2.31 bits per heavy atom. The molecule has 0 aliphatic carbocycles. The smallest absolute Gasteiger partial charge is 0.123 e. The Morgan fingerprint density at radius 2 is 1.81 bits per heavy atom. The molecule has 16 heavy (non-hydrogen) atoms. The minimum Gasteiger partial charge on any atom is -0.507 e. The lowest BCUT2D eigenvalue weighted by molar-refractivity contribution is 0.0394. The van der Waals surface area contributed by atoms with Crippen LogP contribution in [0.25, 0.3) is 0 Å². The summed E-state index contributed by atoms with van der Waals surface area (Å²) in [5.41, 5.74) is 7.05. The van der Waals surface area contributed by atoms with Crippen LogP contribution in [0.2, 0.25) is 0 Å². The number of aliphatic hydroxyl groups is 1. The molecule has 1 aromatic rings. The molecule has 0 amide bonds. The Balaban J connectivity index is 3.06. The Kier molecular flexibility index (Phi) is 3.61. The second-order valence-electron chi connectivity index (χ2n) is 5.35. The van der Waals surface area contributed by atoms with Crippen LogP contribution in [-0.4, -0.2) is 16.3 Å². The van der Waals surface area contributed by atoms with Crippen LogP contribution in [0.5, 0.6) is 5.75 Å². The second-order valence-corrected chi connectivity index (χ2v) is 5.35. The van der Waals surface area contributed by atoms with E-state index in [2.05, 4.69) is 0 Å². The summed E-state index contributed by atoms with van der Waals surface area (Å²) in [5, 5.41) is 20.0. The van der Waals surface area contributed by atoms with Gasteiger partial charge in [0.2, 0.25) is 0 Å². The highest BCUT2D eigenvalue weighted by Gasteiger charge is 2.30. The van der Waals surface area contributed by atoms with Crippen LogP contribution in [0.3, 0.4) is 0 Å². The molecule has 4 N–H and O–H groups in total. The third-order valence-corrected chi connectivity index (χ3v) is 2.86. The van der Waals surface area contributed by atoms with Crippen molar-refractivity contribution in [2.45, 2.75) is 39.8 Å². The fourth-order valence-corrected chi connectivity index (χ4v) is 1.66. The van der Waals surface area contributed by atoms with E-state index in [1.54, 1.807) is 6.07 Å². The van der Waals surface area contributed by atoms with Crippen molar-refractivity contribution in [1.82, 2.24) is 0 Å². The fraction of sp³-hybridized carbons (Fsp3) is 0.538. The third kappa shape index (κ3) is 2.54. The molecule has 0 aliphatic heterocycles. The summed E-state index contributed by atoms with van der Waals surface area (Å²) >= 11 is 0. The molecule has 0 saturated heterocycles. The largest absolute Gasteiger partial charge is 0.507 e. The summed E-state index contributed by atoms with van der Waals surface area (Å²) in [5.74, 6) is 0.179. The van der Waals surface area contributed by atoms with Crippen molar-refractivity contribution >= 4 is 0 Å². The molecular weight excluding hydrogens is 202 g/mol. The zero-order valence-corrected chi connectivity index (χ0v) is 10.4. The van der Waals surface area contributed by atoms with Crippen LogP contribution < -0.4 is 5.73 Å². The Morgan fingerprint density at radius 1 is 1.25 bits per heavy atom. The number of benzene rings is 1. The molecule has 0 fully saturated rings. The van der Waals surface area contributed by atoms with Gasteiger partial charge < -0.3 is 15.9 Å². The van der Waals surface area contributed by atoms with Crippen LogP contribution in [0.4, 0.5) is 0 Å². The van der Waals surface area contributed by atoms with Crippen molar-refractivity contribution in [2.75, 3.05) is 0 Å². The molecule has 0 heterocycles. The van der Waals surface area contributed by atoms with Crippen molar-refractivity contribution in [3.05, 3.63) is 29.3 Å². The molecule has 3 heteroatoms. The first kappa shape index (κ1) is 13.0. The van der Waals surface area contributed by atoms with E-state index < -0.39 is 12.1 Å². The number of rotatable bonds is 2. The van der Waals surface area contributed by atoms with Gasteiger partial charge in [0.1, 0.15) is 5.75 Å². The molecule has 0 radical (unpaired) electrons. The summed E-state index contributed by atoms with van der Waals surface area (Å²) in [6, 6.07) is 4.83. The number of aromatic hydroxyl groups is 1. The monoisotopic (exact) mass is 223 g/mol. The highest BCUT2D eigenvalue weighted by molar-refractivity contribution is 5.41. The predicted octanol–water partition coefficient (Wildman–Crippen LogP) is 2.11. The molecule has 3 nitrogen and oxygen atoms in total. The molecule has 0 aliphatic rings. The number of hydrogen-bond acceptors (Lipinski definition) is 3. The van der Waals surface area contributed by atoms with Gasteiger partial charge in [-0.3, -0.25) is 0 Å². The topological polar surface area (TPSA) is 66.5 Å². The molecule has 0 aromatic heterocycles. The van der Waals surface area contributed by atoms with Crippen molar-refractivity contribution in [2.24, 2.45) is 11.1 Å². The van der Waals surface area contributed by atoms with Gasteiger partial charge in [-0.2, -0.15) is 0 Å². The number of para-hydroxylation sites is 1. The molecule has 0 bridgehead atoms. The fourth-order valence-electron chi connectivity index (χ4n) is 1.66. The van der Waals surface area contributed by atoms with E-state index in [4.69, 9.17) is 5.73 Å². The van der Waals surface area contributed by atoms with Gasteiger partial charge >= 0.3 is 0 Å². The first-order valence-electron chi connectivity index (χ1n) is 5.47. The predicted molar refractivity (Wildman–Crippen MR) is 65.2 cm³/mol. The van der Waals surface area contributed by atoms with E-state index in [1.165, 1.54) is 0 Å². The van der Waals surface area contributed by atoms with Crippen molar-refractivity contribution < 1.29 is 10.2 Å². The van der Waals surface area contributed by atoms with Gasteiger partial charge in [-0.1, -0.05) is 39.0 Å². The lowest BCUT2D eigenvalue weighted by atomic mass is 9.82. The van der Waals surface area contributed by atoms with Crippen LogP contribution in [0.15, 0.2) is 18.2 Å². The van der Waals surface area contributed by atoms with Crippen LogP contribution in [-0.2, 0) is 0 Å². The van der Waals surface area contributed by atoms with Crippen molar-refractivity contribution in [3.8, 4) is 5.75 Å². The van der Waals surface area contributed by atoms with Crippen LogP contribution >= 0.6 is 0 Å². The van der Waals surface area contributed by atoms with Gasteiger partial charge in [0.25, 0.3) is 0 Å². The van der Waals surface area contributed by atoms with E-state index in [0.29, 0.717) is 5.56 Å². The average Bonchev–Trinajstić information content (AvgIpc) is 2.18. The molecule has 0 unspecified atom stereocenters. The highest BCUT2D eigenvalue weighted by atomic mass is 16.3. The van der Waals surface area contributed by atoms with Crippen LogP contribution in [0.1, 0.15) is 37.9 Å². The Hall–Kier alpha value is -1.06. The lowest BCUT2D eigenvalue weighted by Crippen LogP contribution is -2.37. The van der Waals surface area contributed by atoms with E-state index in [0.717, 1.165) is 5.56 Å². The standard InChI is InChI=1S/C13H21NO2/c1-8-6-5-7-9(11(8)15)10(14)12(16)13(2,3)4/h5-7,10,12,15-16H,14H2,1-4H3/t10-,12-/m0/s1. The number of hydrogen-bond donors (Lipinski definition) is 3. The third-order valence-electron chi connectivity index (χ3n) is 2.86. The summed E-state index contributed by atoms with van der Waals surface area (Å²) in [6.07, 6.45) is -0.694. The summed E-state index contributed by atoms with van der Waals surface area (Å²) in [4.78, 5) is 0. The van der Waals surface area contributed by atoms with Crippen LogP contribution in [0, 0.1) is 12.3 Å². The molecule has 0 spiro atoms. The molecule has 0 saturated carbocycles. The first-order chi connectivity index (χ1) is 7.25. The Labute approximate surface area is 96.9 Å². The molecular formula is C13H21NO2. The van der Waals surface area contributed by atoms with E-state index in [9.17, 15) is 10.2 Å². The number of aliphatic hydroxyl groups excluding tert-OH is 1. The zero-order chi connectivity index (χ0) is 12.5. The number of nitrogens with two attached hydrogens (primary N) is 1.